The molecule has 0 radical (unpaired) electrons. The van der Waals surface area contributed by atoms with Crippen molar-refractivity contribution in [3.05, 3.63) is 53.4 Å². The van der Waals surface area contributed by atoms with Gasteiger partial charge in [0, 0.05) is 5.69 Å². The summed E-state index contributed by atoms with van der Waals surface area (Å²) in [5.41, 5.74) is 6.15. The maximum Gasteiger partial charge on any atom is 0.348 e. The van der Waals surface area contributed by atoms with E-state index in [1.807, 2.05) is 12.1 Å². The minimum absolute atomic E-state index is 0.0246. The minimum atomic E-state index is -0.791. The van der Waals surface area contributed by atoms with Crippen LogP contribution in [0.15, 0.2) is 53.4 Å². The number of nitriles is 2. The van der Waals surface area contributed by atoms with Crippen LogP contribution in [-0.4, -0.2) is 12.6 Å². The maximum atomic E-state index is 11.5. The van der Waals surface area contributed by atoms with Gasteiger partial charge >= 0.3 is 5.97 Å². The number of carbonyl (C=O) groups excluding carboxylic acids is 1. The third kappa shape index (κ3) is 4.73. The Morgan fingerprint density at radius 2 is 2.00 bits per heavy atom. The molecule has 0 fully saturated rings. The third-order valence-electron chi connectivity index (χ3n) is 2.37. The zero-order chi connectivity index (χ0) is 15.7. The number of esters is 1. The van der Waals surface area contributed by atoms with E-state index in [0.717, 1.165) is 6.08 Å². The van der Waals surface area contributed by atoms with E-state index in [1.54, 1.807) is 37.3 Å². The second kappa shape index (κ2) is 8.03. The van der Waals surface area contributed by atoms with Crippen molar-refractivity contribution in [2.75, 3.05) is 11.9 Å². The summed E-state index contributed by atoms with van der Waals surface area (Å²) in [7, 11) is 0. The number of benzene rings is 1. The predicted octanol–water partition coefficient (Wildman–Crippen LogP) is 1.81. The first kappa shape index (κ1) is 15.8. The van der Waals surface area contributed by atoms with E-state index in [2.05, 4.69) is 5.32 Å². The molecule has 0 bridgehead atoms. The molecule has 21 heavy (non-hydrogen) atoms. The Morgan fingerprint density at radius 3 is 2.52 bits per heavy atom. The van der Waals surface area contributed by atoms with Gasteiger partial charge in [0.05, 0.1) is 12.2 Å². The van der Waals surface area contributed by atoms with E-state index in [4.69, 9.17) is 21.0 Å². The molecule has 1 aromatic carbocycles. The highest BCUT2D eigenvalue weighted by Gasteiger charge is 2.12. The Morgan fingerprint density at radius 1 is 1.33 bits per heavy atom. The van der Waals surface area contributed by atoms with Crippen LogP contribution in [0.5, 0.6) is 0 Å². The molecule has 1 rings (SSSR count). The number of rotatable bonds is 5. The van der Waals surface area contributed by atoms with E-state index >= 15 is 0 Å². The molecular weight excluding hydrogens is 268 g/mol. The van der Waals surface area contributed by atoms with Gasteiger partial charge in [0.1, 0.15) is 23.5 Å². The van der Waals surface area contributed by atoms with Crippen molar-refractivity contribution < 1.29 is 9.53 Å². The lowest BCUT2D eigenvalue weighted by Crippen LogP contribution is -2.13. The number of nitrogens with one attached hydrogen (secondary N) is 1. The Bertz CT molecular complexity index is 648. The number of hydrogen-bond acceptors (Lipinski definition) is 6. The summed E-state index contributed by atoms with van der Waals surface area (Å²) in [4.78, 5) is 11.5. The minimum Gasteiger partial charge on any atom is -0.462 e. The van der Waals surface area contributed by atoms with Crippen molar-refractivity contribution >= 4 is 11.7 Å². The van der Waals surface area contributed by atoms with Crippen molar-refractivity contribution in [2.45, 2.75) is 6.92 Å². The fourth-order valence-electron chi connectivity index (χ4n) is 1.40. The average molecular weight is 282 g/mol. The molecule has 6 nitrogen and oxygen atoms in total. The van der Waals surface area contributed by atoms with Crippen LogP contribution in [0.3, 0.4) is 0 Å². The van der Waals surface area contributed by atoms with Gasteiger partial charge in [-0.3, -0.25) is 0 Å². The van der Waals surface area contributed by atoms with E-state index in [0.29, 0.717) is 5.69 Å². The first-order valence-corrected chi connectivity index (χ1v) is 6.13. The lowest BCUT2D eigenvalue weighted by Gasteiger charge is -2.07. The molecule has 106 valence electrons. The first-order valence-electron chi connectivity index (χ1n) is 6.13. The molecule has 0 atom stereocenters. The van der Waals surface area contributed by atoms with Gasteiger partial charge in [-0.2, -0.15) is 10.5 Å². The Kier molecular flexibility index (Phi) is 6.04. The van der Waals surface area contributed by atoms with Gasteiger partial charge in [-0.1, -0.05) is 18.2 Å². The van der Waals surface area contributed by atoms with Crippen LogP contribution in [-0.2, 0) is 9.53 Å². The van der Waals surface area contributed by atoms with Crippen molar-refractivity contribution in [2.24, 2.45) is 5.73 Å². The zero-order valence-corrected chi connectivity index (χ0v) is 11.5. The Hall–Kier alpha value is -3.25. The van der Waals surface area contributed by atoms with Gasteiger partial charge in [-0.05, 0) is 25.1 Å². The lowest BCUT2D eigenvalue weighted by molar-refractivity contribution is -0.138. The molecule has 1 aromatic rings. The number of para-hydroxylation sites is 1. The number of nitrogens with two attached hydrogens (primary N) is 1. The molecule has 0 aliphatic rings. The highest BCUT2D eigenvalue weighted by Crippen LogP contribution is 2.11. The number of anilines is 1. The number of carbonyl (C=O) groups is 1. The molecule has 6 heteroatoms. The quantitative estimate of drug-likeness (QED) is 0.368. The molecule has 0 heterocycles. The lowest BCUT2D eigenvalue weighted by atomic mass is 10.1. The van der Waals surface area contributed by atoms with E-state index in [-0.39, 0.29) is 23.6 Å². The van der Waals surface area contributed by atoms with Gasteiger partial charge in [0.25, 0.3) is 0 Å². The van der Waals surface area contributed by atoms with Gasteiger partial charge in [-0.25, -0.2) is 4.79 Å². The molecule has 3 N–H and O–H groups in total. The van der Waals surface area contributed by atoms with E-state index in [1.165, 1.54) is 0 Å². The maximum absolute atomic E-state index is 11.5. The summed E-state index contributed by atoms with van der Waals surface area (Å²) in [6.45, 7) is 1.76. The summed E-state index contributed by atoms with van der Waals surface area (Å²) in [5, 5.41) is 20.8. The largest absolute Gasteiger partial charge is 0.462 e. The average Bonchev–Trinajstić information content (AvgIpc) is 2.49. The second-order valence-corrected chi connectivity index (χ2v) is 3.82. The van der Waals surface area contributed by atoms with Crippen LogP contribution < -0.4 is 11.1 Å². The highest BCUT2D eigenvalue weighted by atomic mass is 16.5. The topological polar surface area (TPSA) is 112 Å². The molecule has 0 saturated heterocycles. The molecule has 0 saturated carbocycles. The normalized spacial score (nSPS) is 11.7. The molecular formula is C15H14N4O2. The van der Waals surface area contributed by atoms with Crippen LogP contribution in [0, 0.1) is 22.7 Å². The standard InChI is InChI=1S/C15H14N4O2/c1-2-21-15(20)12(10-17)8-11(9-16)14(18)19-13-6-4-3-5-7-13/h3-8,19H,2,18H2,1H3/b12-8+,14-11-. The smallest absolute Gasteiger partial charge is 0.348 e. The number of nitrogens with zero attached hydrogens (tertiary/aromatic N) is 2. The number of ether oxygens (including phenoxy) is 1. The molecule has 0 unspecified atom stereocenters. The molecule has 0 aliphatic carbocycles. The molecule has 0 aromatic heterocycles. The number of hydrogen-bond donors (Lipinski definition) is 2. The predicted molar refractivity (Wildman–Crippen MR) is 77.2 cm³/mol. The summed E-state index contributed by atoms with van der Waals surface area (Å²) >= 11 is 0. The van der Waals surface area contributed by atoms with Gasteiger partial charge in [0.2, 0.25) is 0 Å². The first-order chi connectivity index (χ1) is 10.1. The fourth-order valence-corrected chi connectivity index (χ4v) is 1.40. The molecule has 0 spiro atoms. The fraction of sp³-hybridized carbons (Fsp3) is 0.133. The molecule has 0 amide bonds. The summed E-state index contributed by atoms with van der Waals surface area (Å²) in [6, 6.07) is 12.5. The van der Waals surface area contributed by atoms with E-state index < -0.39 is 5.97 Å². The third-order valence-corrected chi connectivity index (χ3v) is 2.37. The van der Waals surface area contributed by atoms with E-state index in [9.17, 15) is 4.79 Å². The summed E-state index contributed by atoms with van der Waals surface area (Å²) in [6.07, 6.45) is 1.10. The van der Waals surface area contributed by atoms with Crippen molar-refractivity contribution in [1.82, 2.24) is 0 Å². The SMILES string of the molecule is CCOC(=O)/C(C#N)=C/C(C#N)=C(\N)Nc1ccccc1. The van der Waals surface area contributed by atoms with Crippen LogP contribution in [0.1, 0.15) is 6.92 Å². The Balaban J connectivity index is 3.05. The van der Waals surface area contributed by atoms with Gasteiger partial charge in [-0.15, -0.1) is 0 Å². The summed E-state index contributed by atoms with van der Waals surface area (Å²) < 4.78 is 4.72. The second-order valence-electron chi connectivity index (χ2n) is 3.82. The molecule has 0 aliphatic heterocycles. The highest BCUT2D eigenvalue weighted by molar-refractivity contribution is 5.93. The zero-order valence-electron chi connectivity index (χ0n) is 11.5. The summed E-state index contributed by atoms with van der Waals surface area (Å²) in [5.74, 6) is -0.749. The Labute approximate surface area is 122 Å². The van der Waals surface area contributed by atoms with Crippen molar-refractivity contribution in [3.63, 3.8) is 0 Å². The number of allylic oxidation sites excluding steroid dienone is 2. The van der Waals surface area contributed by atoms with Crippen molar-refractivity contribution in [3.8, 4) is 12.1 Å². The monoisotopic (exact) mass is 282 g/mol. The van der Waals surface area contributed by atoms with Gasteiger partial charge in [0.15, 0.2) is 0 Å². The van der Waals surface area contributed by atoms with Crippen molar-refractivity contribution in [1.29, 1.82) is 10.5 Å². The van der Waals surface area contributed by atoms with Crippen LogP contribution >= 0.6 is 0 Å². The van der Waals surface area contributed by atoms with Crippen LogP contribution in [0.2, 0.25) is 0 Å². The van der Waals surface area contributed by atoms with Crippen LogP contribution in [0.25, 0.3) is 0 Å². The van der Waals surface area contributed by atoms with Gasteiger partial charge < -0.3 is 15.8 Å². The van der Waals surface area contributed by atoms with Crippen LogP contribution in [0.4, 0.5) is 5.69 Å².